The van der Waals surface area contributed by atoms with Crippen molar-refractivity contribution in [1.82, 2.24) is 9.88 Å². The molecule has 9 heteroatoms. The van der Waals surface area contributed by atoms with Crippen LogP contribution in [0.3, 0.4) is 0 Å². The Morgan fingerprint density at radius 3 is 2.45 bits per heavy atom. The second-order valence-electron chi connectivity index (χ2n) is 11.4. The minimum absolute atomic E-state index is 0.194. The van der Waals surface area contributed by atoms with Gasteiger partial charge in [0.2, 0.25) is 5.88 Å². The van der Waals surface area contributed by atoms with E-state index in [1.54, 1.807) is 23.2 Å². The molecule has 0 radical (unpaired) electrons. The van der Waals surface area contributed by atoms with Crippen LogP contribution in [0.2, 0.25) is 0 Å². The van der Waals surface area contributed by atoms with E-state index in [1.807, 2.05) is 69.3 Å². The highest BCUT2D eigenvalue weighted by Gasteiger charge is 2.44. The van der Waals surface area contributed by atoms with Gasteiger partial charge >= 0.3 is 12.2 Å². The summed E-state index contributed by atoms with van der Waals surface area (Å²) in [6.45, 7) is 6.74. The number of carbonyl (C=O) groups is 2. The molecule has 0 bridgehead atoms. The molecule has 1 atom stereocenters. The predicted octanol–water partition coefficient (Wildman–Crippen LogP) is 6.08. The quantitative estimate of drug-likeness (QED) is 0.409. The fourth-order valence-electron chi connectivity index (χ4n) is 5.01. The highest BCUT2D eigenvalue weighted by molar-refractivity contribution is 5.85. The highest BCUT2D eigenvalue weighted by Crippen LogP contribution is 2.44. The SMILES string of the molecule is CC(C)(C)OC(=O)N1CCC2(CC1)CC(O)c1cc(-c3ccc(NC(=O)OCc4ccccc4)cc3)cnc1O2. The molecule has 1 spiro atoms. The van der Waals surface area contributed by atoms with Crippen LogP contribution in [0, 0.1) is 0 Å². The van der Waals surface area contributed by atoms with Crippen LogP contribution in [-0.2, 0) is 16.1 Å². The van der Waals surface area contributed by atoms with Gasteiger partial charge in [-0.2, -0.15) is 0 Å². The van der Waals surface area contributed by atoms with E-state index in [1.165, 1.54) is 0 Å². The van der Waals surface area contributed by atoms with Gasteiger partial charge in [-0.25, -0.2) is 14.6 Å². The van der Waals surface area contributed by atoms with Crippen LogP contribution in [0.25, 0.3) is 11.1 Å². The van der Waals surface area contributed by atoms with E-state index in [9.17, 15) is 14.7 Å². The van der Waals surface area contributed by atoms with Crippen molar-refractivity contribution in [2.75, 3.05) is 18.4 Å². The summed E-state index contributed by atoms with van der Waals surface area (Å²) in [7, 11) is 0. The lowest BCUT2D eigenvalue weighted by molar-refractivity contribution is -0.0597. The van der Waals surface area contributed by atoms with Gasteiger partial charge < -0.3 is 24.2 Å². The van der Waals surface area contributed by atoms with E-state index < -0.39 is 23.4 Å². The number of nitrogens with zero attached hydrogens (tertiary/aromatic N) is 2. The zero-order chi connectivity index (χ0) is 28.3. The molecule has 0 saturated carbocycles. The lowest BCUT2D eigenvalue weighted by atomic mass is 9.82. The number of amides is 2. The van der Waals surface area contributed by atoms with Gasteiger partial charge in [0.05, 0.1) is 6.10 Å². The summed E-state index contributed by atoms with van der Waals surface area (Å²) < 4.78 is 17.1. The minimum Gasteiger partial charge on any atom is -0.471 e. The molecule has 1 fully saturated rings. The topological polar surface area (TPSA) is 110 Å². The second-order valence-corrected chi connectivity index (χ2v) is 11.4. The smallest absolute Gasteiger partial charge is 0.411 e. The summed E-state index contributed by atoms with van der Waals surface area (Å²) in [6.07, 6.45) is 1.75. The van der Waals surface area contributed by atoms with Gasteiger partial charge in [0.15, 0.2) is 0 Å². The first-order valence-electron chi connectivity index (χ1n) is 13.5. The number of ether oxygens (including phenoxy) is 3. The second kappa shape index (κ2) is 11.2. The Balaban J connectivity index is 1.19. The summed E-state index contributed by atoms with van der Waals surface area (Å²) in [4.78, 5) is 30.9. The van der Waals surface area contributed by atoms with Gasteiger partial charge in [0, 0.05) is 55.4 Å². The molecule has 3 aromatic rings. The summed E-state index contributed by atoms with van der Waals surface area (Å²) >= 11 is 0. The van der Waals surface area contributed by atoms with E-state index in [-0.39, 0.29) is 12.7 Å². The molecule has 2 aromatic carbocycles. The fraction of sp³-hybridized carbons (Fsp3) is 0.387. The molecule has 2 amide bonds. The van der Waals surface area contributed by atoms with E-state index in [0.717, 1.165) is 16.7 Å². The maximum absolute atomic E-state index is 12.5. The Hall–Kier alpha value is -4.11. The summed E-state index contributed by atoms with van der Waals surface area (Å²) in [5.41, 5.74) is 2.76. The Bertz CT molecular complexity index is 1350. The molecule has 3 heterocycles. The average Bonchev–Trinajstić information content (AvgIpc) is 2.92. The normalized spacial score (nSPS) is 17.9. The standard InChI is InChI=1S/C31H35N3O6/c1-30(2,3)40-29(37)34-15-13-31(14-16-34)18-26(35)25-17-23(19-32-27(25)39-31)22-9-11-24(12-10-22)33-28(36)38-20-21-7-5-4-6-8-21/h4-12,17,19,26,35H,13-16,18,20H2,1-3H3,(H,33,36). The number of aliphatic hydroxyl groups excluding tert-OH is 1. The van der Waals surface area contributed by atoms with Gasteiger partial charge in [-0.3, -0.25) is 5.32 Å². The monoisotopic (exact) mass is 545 g/mol. The average molecular weight is 546 g/mol. The maximum Gasteiger partial charge on any atom is 0.411 e. The molecule has 1 unspecified atom stereocenters. The van der Waals surface area contributed by atoms with E-state index in [2.05, 4.69) is 10.3 Å². The van der Waals surface area contributed by atoms with Gasteiger partial charge in [-0.15, -0.1) is 0 Å². The van der Waals surface area contributed by atoms with Crippen molar-refractivity contribution in [3.63, 3.8) is 0 Å². The number of hydrogen-bond acceptors (Lipinski definition) is 7. The number of benzene rings is 2. The molecule has 2 aliphatic rings. The van der Waals surface area contributed by atoms with Crippen molar-refractivity contribution in [3.8, 4) is 17.0 Å². The molecule has 2 N–H and O–H groups in total. The first-order chi connectivity index (χ1) is 19.1. The van der Waals surface area contributed by atoms with Crippen LogP contribution in [0.5, 0.6) is 5.88 Å². The van der Waals surface area contributed by atoms with Crippen molar-refractivity contribution < 1.29 is 28.9 Å². The zero-order valence-corrected chi connectivity index (χ0v) is 23.1. The van der Waals surface area contributed by atoms with E-state index in [4.69, 9.17) is 14.2 Å². The number of likely N-dealkylation sites (tertiary alicyclic amines) is 1. The molecule has 1 saturated heterocycles. The molecule has 0 aliphatic carbocycles. The van der Waals surface area contributed by atoms with Gasteiger partial charge in [0.25, 0.3) is 0 Å². The number of rotatable bonds is 4. The third kappa shape index (κ3) is 6.54. The Labute approximate surface area is 234 Å². The highest BCUT2D eigenvalue weighted by atomic mass is 16.6. The Kier molecular flexibility index (Phi) is 7.67. The number of aliphatic hydroxyl groups is 1. The van der Waals surface area contributed by atoms with Crippen LogP contribution < -0.4 is 10.1 Å². The number of piperidine rings is 1. The van der Waals surface area contributed by atoms with Crippen molar-refractivity contribution in [2.24, 2.45) is 0 Å². The number of pyridine rings is 1. The van der Waals surface area contributed by atoms with E-state index in [0.29, 0.717) is 49.5 Å². The van der Waals surface area contributed by atoms with Crippen molar-refractivity contribution in [2.45, 2.75) is 63.9 Å². The number of carbonyl (C=O) groups excluding carboxylic acids is 2. The third-order valence-corrected chi connectivity index (χ3v) is 7.12. The lowest BCUT2D eigenvalue weighted by Crippen LogP contribution is -2.52. The molecule has 5 rings (SSSR count). The van der Waals surface area contributed by atoms with Gasteiger partial charge in [-0.1, -0.05) is 42.5 Å². The molecule has 2 aliphatic heterocycles. The van der Waals surface area contributed by atoms with Crippen LogP contribution in [0.15, 0.2) is 66.9 Å². The fourth-order valence-corrected chi connectivity index (χ4v) is 5.01. The molecular formula is C31H35N3O6. The number of fused-ring (bicyclic) bond motifs is 1. The van der Waals surface area contributed by atoms with Crippen LogP contribution >= 0.6 is 0 Å². The summed E-state index contributed by atoms with van der Waals surface area (Å²) in [5.74, 6) is 0.424. The third-order valence-electron chi connectivity index (χ3n) is 7.12. The summed E-state index contributed by atoms with van der Waals surface area (Å²) in [6, 6.07) is 18.7. The lowest BCUT2D eigenvalue weighted by Gasteiger charge is -2.45. The largest absolute Gasteiger partial charge is 0.471 e. The van der Waals surface area contributed by atoms with Gasteiger partial charge in [0.1, 0.15) is 17.8 Å². The maximum atomic E-state index is 12.5. The molecule has 40 heavy (non-hydrogen) atoms. The number of nitrogens with one attached hydrogen (secondary N) is 1. The first-order valence-corrected chi connectivity index (χ1v) is 13.5. The van der Waals surface area contributed by atoms with Crippen LogP contribution in [-0.4, -0.2) is 51.5 Å². The number of aromatic nitrogens is 1. The van der Waals surface area contributed by atoms with E-state index >= 15 is 0 Å². The molecular weight excluding hydrogens is 510 g/mol. The van der Waals surface area contributed by atoms with Crippen molar-refractivity contribution in [1.29, 1.82) is 0 Å². The minimum atomic E-state index is -0.732. The van der Waals surface area contributed by atoms with Crippen LogP contribution in [0.4, 0.5) is 15.3 Å². The number of hydrogen-bond donors (Lipinski definition) is 2. The predicted molar refractivity (Wildman–Crippen MR) is 150 cm³/mol. The summed E-state index contributed by atoms with van der Waals surface area (Å²) in [5, 5.41) is 13.8. The molecule has 9 nitrogen and oxygen atoms in total. The van der Waals surface area contributed by atoms with Crippen LogP contribution in [0.1, 0.15) is 57.3 Å². The number of anilines is 1. The molecule has 1 aromatic heterocycles. The van der Waals surface area contributed by atoms with Crippen molar-refractivity contribution in [3.05, 3.63) is 78.0 Å². The van der Waals surface area contributed by atoms with Gasteiger partial charge in [-0.05, 0) is 50.1 Å². The zero-order valence-electron chi connectivity index (χ0n) is 23.1. The van der Waals surface area contributed by atoms with Crippen molar-refractivity contribution >= 4 is 17.9 Å². The Morgan fingerprint density at radius 1 is 1.07 bits per heavy atom. The first kappa shape index (κ1) is 27.5. The Morgan fingerprint density at radius 2 is 1.77 bits per heavy atom. The molecule has 210 valence electrons.